The second-order valence-corrected chi connectivity index (χ2v) is 7.68. The predicted molar refractivity (Wildman–Crippen MR) is 129 cm³/mol. The van der Waals surface area contributed by atoms with E-state index in [0.29, 0.717) is 0 Å². The zero-order valence-electron chi connectivity index (χ0n) is 17.2. The van der Waals surface area contributed by atoms with E-state index in [1.54, 1.807) is 6.20 Å². The topological polar surface area (TPSA) is 70.2 Å². The molecule has 4 heterocycles. The number of fused-ring (bicyclic) bond motifs is 3. The zero-order valence-corrected chi connectivity index (χ0v) is 17.2. The Kier molecular flexibility index (Phi) is 4.36. The molecule has 0 saturated heterocycles. The van der Waals surface area contributed by atoms with Crippen LogP contribution in [0.5, 0.6) is 0 Å². The van der Waals surface area contributed by atoms with Crippen molar-refractivity contribution in [2.45, 2.75) is 0 Å². The average molecular weight is 413 g/mol. The molecule has 0 atom stereocenters. The Hall–Kier alpha value is -4.51. The Labute approximate surface area is 185 Å². The lowest BCUT2D eigenvalue weighted by molar-refractivity contribution is 1.08. The van der Waals surface area contributed by atoms with Crippen molar-refractivity contribution in [3.05, 3.63) is 102 Å². The fourth-order valence-electron chi connectivity index (χ4n) is 3.86. The average Bonchev–Trinajstić information content (AvgIpc) is 3.53. The molecule has 0 saturated carbocycles. The number of nitrogens with one attached hydrogen (secondary N) is 2. The van der Waals surface area contributed by atoms with Crippen LogP contribution in [0, 0.1) is 0 Å². The highest BCUT2D eigenvalue weighted by molar-refractivity contribution is 5.79. The van der Waals surface area contributed by atoms with E-state index >= 15 is 0 Å². The molecular formula is C27H19N5. The molecule has 0 amide bonds. The van der Waals surface area contributed by atoms with Crippen molar-refractivity contribution in [3.8, 4) is 33.8 Å². The Balaban J connectivity index is 1.27. The van der Waals surface area contributed by atoms with Crippen molar-refractivity contribution in [2.24, 2.45) is 0 Å². The lowest BCUT2D eigenvalue weighted by Crippen LogP contribution is -1.84. The maximum Gasteiger partial charge on any atom is 0.113 e. The smallest absolute Gasteiger partial charge is 0.113 e. The van der Waals surface area contributed by atoms with E-state index in [-0.39, 0.29) is 0 Å². The monoisotopic (exact) mass is 413 g/mol. The van der Waals surface area contributed by atoms with Gasteiger partial charge in [-0.3, -0.25) is 4.98 Å². The van der Waals surface area contributed by atoms with Gasteiger partial charge in [-0.2, -0.15) is 0 Å². The van der Waals surface area contributed by atoms with Crippen LogP contribution in [0.25, 0.3) is 58.1 Å². The summed E-state index contributed by atoms with van der Waals surface area (Å²) >= 11 is 0. The number of rotatable bonds is 4. The van der Waals surface area contributed by atoms with Gasteiger partial charge in [-0.25, -0.2) is 0 Å². The second-order valence-electron chi connectivity index (χ2n) is 7.68. The summed E-state index contributed by atoms with van der Waals surface area (Å²) in [5.41, 5.74) is 10.1. The summed E-state index contributed by atoms with van der Waals surface area (Å²) in [4.78, 5) is 11.4. The highest BCUT2D eigenvalue weighted by Crippen LogP contribution is 2.25. The van der Waals surface area contributed by atoms with Crippen molar-refractivity contribution in [2.75, 3.05) is 0 Å². The SMILES string of the molecule is C(=C\c1ccc2cccc-2[nH]1)/c1ccc2c(/C=C/c3ccc4cccc-4[nH]3)nnc-2cn1. The van der Waals surface area contributed by atoms with Gasteiger partial charge in [0.05, 0.1) is 17.6 Å². The molecule has 0 aromatic rings. The van der Waals surface area contributed by atoms with Gasteiger partial charge in [0.15, 0.2) is 0 Å². The number of aromatic amines is 2. The first kappa shape index (κ1) is 18.3. The van der Waals surface area contributed by atoms with Gasteiger partial charge in [-0.05, 0) is 71.8 Å². The minimum atomic E-state index is 0.768. The molecule has 32 heavy (non-hydrogen) atoms. The molecule has 2 N–H and O–H groups in total. The summed E-state index contributed by atoms with van der Waals surface area (Å²) in [7, 11) is 0. The van der Waals surface area contributed by atoms with E-state index in [9.17, 15) is 0 Å². The fourth-order valence-corrected chi connectivity index (χ4v) is 3.86. The van der Waals surface area contributed by atoms with Crippen LogP contribution in [0.3, 0.4) is 0 Å². The minimum absolute atomic E-state index is 0.768. The van der Waals surface area contributed by atoms with Crippen molar-refractivity contribution in [1.29, 1.82) is 0 Å². The van der Waals surface area contributed by atoms with Gasteiger partial charge in [-0.1, -0.05) is 36.4 Å². The van der Waals surface area contributed by atoms with E-state index in [4.69, 9.17) is 0 Å². The summed E-state index contributed by atoms with van der Waals surface area (Å²) < 4.78 is 0. The van der Waals surface area contributed by atoms with E-state index < -0.39 is 0 Å². The van der Waals surface area contributed by atoms with Crippen molar-refractivity contribution in [1.82, 2.24) is 25.1 Å². The lowest BCUT2D eigenvalue weighted by atomic mass is 10.1. The largest absolute Gasteiger partial charge is 0.355 e. The van der Waals surface area contributed by atoms with Crippen molar-refractivity contribution in [3.63, 3.8) is 0 Å². The van der Waals surface area contributed by atoms with E-state index in [2.05, 4.69) is 73.7 Å². The third-order valence-electron chi connectivity index (χ3n) is 5.57. The number of pyridine rings is 2. The van der Waals surface area contributed by atoms with Gasteiger partial charge in [0.25, 0.3) is 0 Å². The molecule has 4 aliphatic heterocycles. The number of hydrogen-bond acceptors (Lipinski definition) is 3. The molecule has 5 nitrogen and oxygen atoms in total. The zero-order chi connectivity index (χ0) is 21.3. The van der Waals surface area contributed by atoms with Gasteiger partial charge >= 0.3 is 0 Å². The van der Waals surface area contributed by atoms with Gasteiger partial charge < -0.3 is 9.97 Å². The minimum Gasteiger partial charge on any atom is -0.355 e. The van der Waals surface area contributed by atoms with Crippen LogP contribution in [-0.4, -0.2) is 25.1 Å². The Morgan fingerprint density at radius 2 is 1.28 bits per heavy atom. The lowest BCUT2D eigenvalue weighted by Gasteiger charge is -2.01. The maximum absolute atomic E-state index is 4.56. The summed E-state index contributed by atoms with van der Waals surface area (Å²) in [6, 6.07) is 24.8. The molecule has 0 fully saturated rings. The van der Waals surface area contributed by atoms with Gasteiger partial charge in [-0.15, -0.1) is 10.2 Å². The summed E-state index contributed by atoms with van der Waals surface area (Å²) in [6.07, 6.45) is 9.79. The van der Waals surface area contributed by atoms with Crippen LogP contribution in [0.2, 0.25) is 0 Å². The number of hydrogen-bond donors (Lipinski definition) is 2. The predicted octanol–water partition coefficient (Wildman–Crippen LogP) is 6.18. The molecule has 152 valence electrons. The second kappa shape index (κ2) is 7.63. The van der Waals surface area contributed by atoms with Crippen LogP contribution in [0.1, 0.15) is 22.8 Å². The Morgan fingerprint density at radius 1 is 0.594 bits per heavy atom. The fraction of sp³-hybridized carbons (Fsp3) is 0. The molecule has 0 aromatic heterocycles. The molecule has 0 bridgehead atoms. The van der Waals surface area contributed by atoms with Crippen LogP contribution >= 0.6 is 0 Å². The first-order chi connectivity index (χ1) is 15.8. The first-order valence-electron chi connectivity index (χ1n) is 10.5. The highest BCUT2D eigenvalue weighted by Gasteiger charge is 2.10. The summed E-state index contributed by atoms with van der Waals surface area (Å²) in [5, 5.41) is 8.62. The van der Waals surface area contributed by atoms with Crippen molar-refractivity contribution < 1.29 is 0 Å². The molecule has 0 aromatic carbocycles. The molecule has 5 heteroatoms. The summed E-state index contributed by atoms with van der Waals surface area (Å²) in [6.45, 7) is 0. The molecule has 0 radical (unpaired) electrons. The molecule has 6 rings (SSSR count). The number of H-pyrrole nitrogens is 2. The quantitative estimate of drug-likeness (QED) is 0.362. The molecule has 6 aliphatic rings. The van der Waals surface area contributed by atoms with Gasteiger partial charge in [0.1, 0.15) is 5.69 Å². The van der Waals surface area contributed by atoms with E-state index in [1.807, 2.05) is 48.6 Å². The van der Waals surface area contributed by atoms with E-state index in [1.165, 1.54) is 11.1 Å². The van der Waals surface area contributed by atoms with Crippen LogP contribution in [0.4, 0.5) is 0 Å². The van der Waals surface area contributed by atoms with Gasteiger partial charge in [0.2, 0.25) is 0 Å². The summed E-state index contributed by atoms with van der Waals surface area (Å²) in [5.74, 6) is 0. The van der Waals surface area contributed by atoms with E-state index in [0.717, 1.165) is 45.4 Å². The molecule has 2 aliphatic carbocycles. The third-order valence-corrected chi connectivity index (χ3v) is 5.57. The number of aromatic nitrogens is 5. The Bertz CT molecular complexity index is 1490. The normalized spacial score (nSPS) is 12.1. The number of nitrogens with zero attached hydrogens (tertiary/aromatic N) is 3. The standard InChI is InChI=1S/C27H19N5/c1-3-18-7-9-21(29-24(18)5-1)12-11-20-13-15-23-26(31-32-27(23)17-28-20)16-14-22-10-8-19-4-2-6-25(19)30-22/h1-17,29-30H/b12-11+,16-14+. The highest BCUT2D eigenvalue weighted by atomic mass is 15.1. The maximum atomic E-state index is 4.56. The first-order valence-corrected chi connectivity index (χ1v) is 10.5. The molecule has 0 spiro atoms. The van der Waals surface area contributed by atoms with Crippen LogP contribution in [-0.2, 0) is 0 Å². The Morgan fingerprint density at radius 3 is 2.00 bits per heavy atom. The van der Waals surface area contributed by atoms with Crippen LogP contribution < -0.4 is 0 Å². The molecular weight excluding hydrogens is 394 g/mol. The van der Waals surface area contributed by atoms with Gasteiger partial charge in [0, 0.05) is 28.3 Å². The van der Waals surface area contributed by atoms with Crippen LogP contribution in [0.15, 0.2) is 79.0 Å². The third kappa shape index (κ3) is 3.46. The van der Waals surface area contributed by atoms with Crippen molar-refractivity contribution >= 4 is 24.3 Å². The molecule has 0 unspecified atom stereocenters.